The van der Waals surface area contributed by atoms with Crippen molar-refractivity contribution in [1.82, 2.24) is 0 Å². The molecule has 4 heteroatoms. The molecule has 0 unspecified atom stereocenters. The van der Waals surface area contributed by atoms with Gasteiger partial charge in [0.2, 0.25) is 0 Å². The maximum atomic E-state index is 10.1. The minimum absolute atomic E-state index is 0.0324. The first-order chi connectivity index (χ1) is 8.45. The summed E-state index contributed by atoms with van der Waals surface area (Å²) < 4.78 is 11.1. The van der Waals surface area contributed by atoms with Crippen molar-refractivity contribution in [2.24, 2.45) is 0 Å². The van der Waals surface area contributed by atoms with Gasteiger partial charge >= 0.3 is 0 Å². The number of benzene rings is 1. The molecule has 0 heterocycles. The van der Waals surface area contributed by atoms with Crippen LogP contribution in [0.25, 0.3) is 0 Å². The molecule has 1 aliphatic carbocycles. The Hall–Kier alpha value is -0.930. The zero-order chi connectivity index (χ0) is 13.3. The molecule has 0 aliphatic heterocycles. The smallest absolute Gasteiger partial charge is 0.166 e. The van der Waals surface area contributed by atoms with Crippen molar-refractivity contribution >= 4 is 11.6 Å². The highest BCUT2D eigenvalue weighted by atomic mass is 35.5. The van der Waals surface area contributed by atoms with Gasteiger partial charge < -0.3 is 14.6 Å². The van der Waals surface area contributed by atoms with Crippen molar-refractivity contribution in [3.05, 3.63) is 22.7 Å². The summed E-state index contributed by atoms with van der Waals surface area (Å²) in [4.78, 5) is 0. The van der Waals surface area contributed by atoms with E-state index in [1.165, 1.54) is 0 Å². The van der Waals surface area contributed by atoms with Crippen LogP contribution in [-0.2, 0) is 6.42 Å². The van der Waals surface area contributed by atoms with Crippen molar-refractivity contribution < 1.29 is 14.6 Å². The van der Waals surface area contributed by atoms with Crippen LogP contribution in [0, 0.1) is 0 Å². The third-order valence-electron chi connectivity index (χ3n) is 3.07. The Balaban J connectivity index is 2.39. The molecule has 1 N–H and O–H groups in total. The molecule has 1 aliphatic rings. The summed E-state index contributed by atoms with van der Waals surface area (Å²) >= 11 is 6.23. The van der Waals surface area contributed by atoms with Gasteiger partial charge in [-0.05, 0) is 38.8 Å². The summed E-state index contributed by atoms with van der Waals surface area (Å²) in [6.45, 7) is 3.91. The Bertz CT molecular complexity index is 439. The lowest BCUT2D eigenvalue weighted by Crippen LogP contribution is -2.15. The zero-order valence-corrected chi connectivity index (χ0v) is 11.8. The van der Waals surface area contributed by atoms with Crippen LogP contribution in [0.5, 0.6) is 11.5 Å². The second-order valence-corrected chi connectivity index (χ2v) is 5.53. The summed E-state index contributed by atoms with van der Waals surface area (Å²) in [5, 5.41) is 10.7. The van der Waals surface area contributed by atoms with Crippen molar-refractivity contribution in [1.29, 1.82) is 0 Å². The lowest BCUT2D eigenvalue weighted by molar-refractivity contribution is 0.147. The lowest BCUT2D eigenvalue weighted by atomic mass is 10.0. The summed E-state index contributed by atoms with van der Waals surface area (Å²) in [6.07, 6.45) is 2.19. The number of methoxy groups -OCH3 is 1. The van der Waals surface area contributed by atoms with Gasteiger partial charge in [-0.2, -0.15) is 0 Å². The van der Waals surface area contributed by atoms with Gasteiger partial charge in [-0.25, -0.2) is 0 Å². The Labute approximate surface area is 113 Å². The lowest BCUT2D eigenvalue weighted by Gasteiger charge is -2.20. The molecular weight excluding hydrogens is 252 g/mol. The van der Waals surface area contributed by atoms with Crippen molar-refractivity contribution in [2.45, 2.75) is 44.8 Å². The Morgan fingerprint density at radius 3 is 2.56 bits per heavy atom. The molecule has 1 aromatic carbocycles. The topological polar surface area (TPSA) is 38.7 Å². The SMILES string of the molecule is COc1ccc(Cl)c(CC2(O)CC2)c1OC(C)C. The number of aliphatic hydroxyl groups is 1. The molecule has 0 bridgehead atoms. The van der Waals surface area contributed by atoms with Crippen LogP contribution in [0.4, 0.5) is 0 Å². The van der Waals surface area contributed by atoms with Gasteiger partial charge in [-0.1, -0.05) is 11.6 Å². The van der Waals surface area contributed by atoms with Gasteiger partial charge in [0.25, 0.3) is 0 Å². The van der Waals surface area contributed by atoms with Gasteiger partial charge in [0.15, 0.2) is 11.5 Å². The Morgan fingerprint density at radius 2 is 2.06 bits per heavy atom. The van der Waals surface area contributed by atoms with E-state index in [2.05, 4.69) is 0 Å². The third-order valence-corrected chi connectivity index (χ3v) is 3.43. The van der Waals surface area contributed by atoms with Crippen LogP contribution >= 0.6 is 11.6 Å². The minimum atomic E-state index is -0.606. The average Bonchev–Trinajstić information content (AvgIpc) is 3.02. The predicted molar refractivity (Wildman–Crippen MR) is 71.7 cm³/mol. The number of rotatable bonds is 5. The second kappa shape index (κ2) is 4.98. The van der Waals surface area contributed by atoms with E-state index in [0.29, 0.717) is 22.9 Å². The molecule has 0 saturated heterocycles. The maximum absolute atomic E-state index is 10.1. The van der Waals surface area contributed by atoms with Crippen molar-refractivity contribution in [3.8, 4) is 11.5 Å². The highest BCUT2D eigenvalue weighted by molar-refractivity contribution is 6.31. The molecule has 100 valence electrons. The molecule has 0 atom stereocenters. The van der Waals surface area contributed by atoms with E-state index >= 15 is 0 Å². The van der Waals surface area contributed by atoms with Crippen LogP contribution in [0.3, 0.4) is 0 Å². The molecular formula is C14H19ClO3. The molecule has 0 spiro atoms. The van der Waals surface area contributed by atoms with Gasteiger partial charge in [0.05, 0.1) is 18.8 Å². The van der Waals surface area contributed by atoms with Crippen LogP contribution < -0.4 is 9.47 Å². The molecule has 1 fully saturated rings. The summed E-state index contributed by atoms with van der Waals surface area (Å²) in [6, 6.07) is 3.58. The van der Waals surface area contributed by atoms with Crippen LogP contribution in [-0.4, -0.2) is 23.9 Å². The fourth-order valence-corrected chi connectivity index (χ4v) is 2.14. The molecule has 18 heavy (non-hydrogen) atoms. The van der Waals surface area contributed by atoms with E-state index in [-0.39, 0.29) is 6.10 Å². The van der Waals surface area contributed by atoms with Crippen LogP contribution in [0.15, 0.2) is 12.1 Å². The number of hydrogen-bond donors (Lipinski definition) is 1. The molecule has 0 amide bonds. The quantitative estimate of drug-likeness (QED) is 0.893. The Kier molecular flexibility index (Phi) is 3.74. The monoisotopic (exact) mass is 270 g/mol. The van der Waals surface area contributed by atoms with Gasteiger partial charge in [0, 0.05) is 17.0 Å². The number of hydrogen-bond acceptors (Lipinski definition) is 3. The molecule has 1 saturated carbocycles. The second-order valence-electron chi connectivity index (χ2n) is 5.13. The Morgan fingerprint density at radius 1 is 1.39 bits per heavy atom. The van der Waals surface area contributed by atoms with Crippen LogP contribution in [0.1, 0.15) is 32.3 Å². The minimum Gasteiger partial charge on any atom is -0.493 e. The standard InChI is InChI=1S/C14H19ClO3/c1-9(2)18-13-10(8-14(16)6-7-14)11(15)4-5-12(13)17-3/h4-5,9,16H,6-8H2,1-3H3. The molecule has 0 radical (unpaired) electrons. The molecule has 0 aromatic heterocycles. The average molecular weight is 271 g/mol. The fraction of sp³-hybridized carbons (Fsp3) is 0.571. The first-order valence-corrected chi connectivity index (χ1v) is 6.57. The van der Waals surface area contributed by atoms with Gasteiger partial charge in [-0.3, -0.25) is 0 Å². The normalized spacial score (nSPS) is 16.8. The molecule has 3 nitrogen and oxygen atoms in total. The van der Waals surface area contributed by atoms with Crippen molar-refractivity contribution in [2.75, 3.05) is 7.11 Å². The van der Waals surface area contributed by atoms with E-state index in [1.807, 2.05) is 13.8 Å². The maximum Gasteiger partial charge on any atom is 0.166 e. The first-order valence-electron chi connectivity index (χ1n) is 6.19. The number of ether oxygens (including phenoxy) is 2. The van der Waals surface area contributed by atoms with Gasteiger partial charge in [0.1, 0.15) is 0 Å². The van der Waals surface area contributed by atoms with E-state index < -0.39 is 5.60 Å². The first kappa shape index (κ1) is 13.5. The third kappa shape index (κ3) is 2.90. The summed E-state index contributed by atoms with van der Waals surface area (Å²) in [5.41, 5.74) is 0.232. The summed E-state index contributed by atoms with van der Waals surface area (Å²) in [5.74, 6) is 1.31. The van der Waals surface area contributed by atoms with Gasteiger partial charge in [-0.15, -0.1) is 0 Å². The highest BCUT2D eigenvalue weighted by Crippen LogP contribution is 2.45. The van der Waals surface area contributed by atoms with E-state index in [0.717, 1.165) is 18.4 Å². The van der Waals surface area contributed by atoms with E-state index in [4.69, 9.17) is 21.1 Å². The largest absolute Gasteiger partial charge is 0.493 e. The highest BCUT2D eigenvalue weighted by Gasteiger charge is 2.41. The fourth-order valence-electron chi connectivity index (χ4n) is 1.92. The number of halogens is 1. The van der Waals surface area contributed by atoms with Crippen molar-refractivity contribution in [3.63, 3.8) is 0 Å². The predicted octanol–water partition coefficient (Wildman–Crippen LogP) is 3.20. The molecule has 2 rings (SSSR count). The van der Waals surface area contributed by atoms with Crippen LogP contribution in [0.2, 0.25) is 5.02 Å². The van der Waals surface area contributed by atoms with E-state index in [9.17, 15) is 5.11 Å². The van der Waals surface area contributed by atoms with E-state index in [1.54, 1.807) is 19.2 Å². The molecule has 1 aromatic rings. The summed E-state index contributed by atoms with van der Waals surface area (Å²) in [7, 11) is 1.60. The zero-order valence-electron chi connectivity index (χ0n) is 11.0.